The molecular formula is C65H110O6. The lowest BCUT2D eigenvalue weighted by Gasteiger charge is -2.18. The van der Waals surface area contributed by atoms with Gasteiger partial charge in [-0.25, -0.2) is 0 Å². The highest BCUT2D eigenvalue weighted by atomic mass is 16.6. The van der Waals surface area contributed by atoms with E-state index in [2.05, 4.69) is 118 Å². The van der Waals surface area contributed by atoms with Crippen molar-refractivity contribution >= 4 is 17.9 Å². The van der Waals surface area contributed by atoms with E-state index >= 15 is 0 Å². The minimum Gasteiger partial charge on any atom is -0.462 e. The first kappa shape index (κ1) is 67.3. The fourth-order valence-corrected chi connectivity index (χ4v) is 8.12. The molecule has 1 unspecified atom stereocenters. The van der Waals surface area contributed by atoms with E-state index < -0.39 is 6.10 Å². The predicted octanol–water partition coefficient (Wildman–Crippen LogP) is 20.1. The molecule has 0 spiro atoms. The molecule has 0 N–H and O–H groups in total. The number of ether oxygens (including phenoxy) is 3. The zero-order chi connectivity index (χ0) is 51.4. The molecule has 6 heteroatoms. The number of allylic oxidation sites excluding steroid dienone is 16. The molecule has 0 aromatic rings. The van der Waals surface area contributed by atoms with Crippen molar-refractivity contribution in [3.05, 3.63) is 97.2 Å². The zero-order valence-electron chi connectivity index (χ0n) is 46.5. The van der Waals surface area contributed by atoms with E-state index in [1.165, 1.54) is 128 Å². The Labute approximate surface area is 438 Å². The normalized spacial score (nSPS) is 12.8. The smallest absolute Gasteiger partial charge is 0.306 e. The van der Waals surface area contributed by atoms with Crippen molar-refractivity contribution in [1.82, 2.24) is 0 Å². The summed E-state index contributed by atoms with van der Waals surface area (Å²) in [6.45, 7) is 6.45. The standard InChI is InChI=1S/C65H110O6/c1-4-7-10-13-16-19-22-24-26-28-30-31-32-33-35-36-38-40-43-46-49-52-55-58-64(67)70-61-62(60-69-63(66)57-54-51-48-45-42-21-18-15-12-9-6-3)71-65(68)59-56-53-50-47-44-41-39-37-34-29-27-25-23-20-17-14-11-8-5-2/h7,10,15-16,18-19,24,26,30-31,33,35,38,40,46,49,62H,4-6,8-9,11-14,17,20-23,25,27-29,32,34,36-37,39,41-45,47-48,50-61H2,1-3H3/b10-7-,18-15-,19-16-,26-24-,31-30-,35-33-,40-38-,49-46-. The van der Waals surface area contributed by atoms with Crippen LogP contribution >= 0.6 is 0 Å². The highest BCUT2D eigenvalue weighted by Crippen LogP contribution is 2.16. The van der Waals surface area contributed by atoms with Crippen molar-refractivity contribution in [2.24, 2.45) is 0 Å². The quantitative estimate of drug-likeness (QED) is 0.0261. The second kappa shape index (κ2) is 58.9. The van der Waals surface area contributed by atoms with Crippen molar-refractivity contribution in [2.75, 3.05) is 13.2 Å². The van der Waals surface area contributed by atoms with Crippen LogP contribution in [-0.4, -0.2) is 37.2 Å². The Bertz CT molecular complexity index is 1410. The highest BCUT2D eigenvalue weighted by molar-refractivity contribution is 5.71. The van der Waals surface area contributed by atoms with Gasteiger partial charge in [0.05, 0.1) is 0 Å². The van der Waals surface area contributed by atoms with Crippen molar-refractivity contribution in [1.29, 1.82) is 0 Å². The lowest BCUT2D eigenvalue weighted by atomic mass is 10.0. The molecule has 0 aliphatic heterocycles. The Hall–Kier alpha value is -3.67. The molecule has 1 atom stereocenters. The second-order valence-electron chi connectivity index (χ2n) is 19.5. The van der Waals surface area contributed by atoms with Crippen molar-refractivity contribution in [3.8, 4) is 0 Å². The number of carbonyl (C=O) groups excluding carboxylic acids is 3. The van der Waals surface area contributed by atoms with Crippen LogP contribution in [0.5, 0.6) is 0 Å². The summed E-state index contributed by atoms with van der Waals surface area (Å²) in [6.07, 6.45) is 78.4. The van der Waals surface area contributed by atoms with Crippen LogP contribution in [0.25, 0.3) is 0 Å². The van der Waals surface area contributed by atoms with E-state index in [9.17, 15) is 14.4 Å². The average molecular weight is 988 g/mol. The summed E-state index contributed by atoms with van der Waals surface area (Å²) in [6, 6.07) is 0. The van der Waals surface area contributed by atoms with E-state index in [-0.39, 0.29) is 37.5 Å². The molecule has 0 fully saturated rings. The van der Waals surface area contributed by atoms with Gasteiger partial charge in [-0.1, -0.05) is 266 Å². The molecule has 71 heavy (non-hydrogen) atoms. The Kier molecular flexibility index (Phi) is 55.9. The summed E-state index contributed by atoms with van der Waals surface area (Å²) in [5, 5.41) is 0. The van der Waals surface area contributed by atoms with Crippen LogP contribution in [0.4, 0.5) is 0 Å². The summed E-state index contributed by atoms with van der Waals surface area (Å²) < 4.78 is 16.8. The van der Waals surface area contributed by atoms with Crippen LogP contribution in [0.3, 0.4) is 0 Å². The largest absolute Gasteiger partial charge is 0.462 e. The molecule has 0 aromatic carbocycles. The molecule has 0 aliphatic rings. The van der Waals surface area contributed by atoms with Crippen LogP contribution < -0.4 is 0 Å². The monoisotopic (exact) mass is 987 g/mol. The van der Waals surface area contributed by atoms with Gasteiger partial charge in [-0.2, -0.15) is 0 Å². The van der Waals surface area contributed by atoms with Gasteiger partial charge in [-0.15, -0.1) is 0 Å². The summed E-state index contributed by atoms with van der Waals surface area (Å²) in [7, 11) is 0. The van der Waals surface area contributed by atoms with Gasteiger partial charge in [0.2, 0.25) is 0 Å². The summed E-state index contributed by atoms with van der Waals surface area (Å²) in [5.74, 6) is -0.963. The van der Waals surface area contributed by atoms with Gasteiger partial charge in [-0.05, 0) is 89.9 Å². The summed E-state index contributed by atoms with van der Waals surface area (Å²) >= 11 is 0. The van der Waals surface area contributed by atoms with Gasteiger partial charge in [0, 0.05) is 19.3 Å². The van der Waals surface area contributed by atoms with E-state index in [0.717, 1.165) is 103 Å². The average Bonchev–Trinajstić information content (AvgIpc) is 3.37. The molecule has 0 rings (SSSR count). The molecule has 0 bridgehead atoms. The number of esters is 3. The van der Waals surface area contributed by atoms with Gasteiger partial charge in [0.1, 0.15) is 13.2 Å². The maximum absolute atomic E-state index is 12.9. The Morgan fingerprint density at radius 1 is 0.296 bits per heavy atom. The topological polar surface area (TPSA) is 78.9 Å². The molecule has 0 saturated heterocycles. The predicted molar refractivity (Wildman–Crippen MR) is 307 cm³/mol. The molecule has 0 radical (unpaired) electrons. The van der Waals surface area contributed by atoms with Crippen LogP contribution in [0, 0.1) is 0 Å². The zero-order valence-corrected chi connectivity index (χ0v) is 46.5. The van der Waals surface area contributed by atoms with Crippen molar-refractivity contribution in [2.45, 2.75) is 284 Å². The molecule has 0 heterocycles. The third kappa shape index (κ3) is 57.1. The second-order valence-corrected chi connectivity index (χ2v) is 19.5. The summed E-state index contributed by atoms with van der Waals surface area (Å²) in [4.78, 5) is 38.1. The number of rotatable bonds is 53. The van der Waals surface area contributed by atoms with Crippen LogP contribution in [0.15, 0.2) is 97.2 Å². The SMILES string of the molecule is CC/C=C\C/C=C\C/C=C\C/C=C\C/C=C\C/C=C\C/C=C\CCCC(=O)OCC(COC(=O)CCCCCCC/C=C\CCCC)OC(=O)CCCCCCCCCCCCCCCCCCCCC. The van der Waals surface area contributed by atoms with Crippen LogP contribution in [0.2, 0.25) is 0 Å². The molecule has 6 nitrogen and oxygen atoms in total. The highest BCUT2D eigenvalue weighted by Gasteiger charge is 2.19. The van der Waals surface area contributed by atoms with Gasteiger partial charge in [-0.3, -0.25) is 14.4 Å². The Balaban J connectivity index is 4.41. The van der Waals surface area contributed by atoms with Gasteiger partial charge >= 0.3 is 17.9 Å². The van der Waals surface area contributed by atoms with Crippen molar-refractivity contribution < 1.29 is 28.6 Å². The van der Waals surface area contributed by atoms with Crippen LogP contribution in [-0.2, 0) is 28.6 Å². The van der Waals surface area contributed by atoms with E-state index in [4.69, 9.17) is 14.2 Å². The molecule has 0 aliphatic carbocycles. The molecule has 406 valence electrons. The number of unbranched alkanes of at least 4 members (excludes halogenated alkanes) is 26. The van der Waals surface area contributed by atoms with E-state index in [1.807, 2.05) is 0 Å². The molecule has 0 amide bonds. The van der Waals surface area contributed by atoms with Gasteiger partial charge < -0.3 is 14.2 Å². The van der Waals surface area contributed by atoms with Crippen LogP contribution in [0.1, 0.15) is 278 Å². The number of carbonyl (C=O) groups is 3. The first-order valence-corrected chi connectivity index (χ1v) is 29.7. The maximum atomic E-state index is 12.9. The minimum absolute atomic E-state index is 0.0985. The fourth-order valence-electron chi connectivity index (χ4n) is 8.12. The van der Waals surface area contributed by atoms with Gasteiger partial charge in [0.25, 0.3) is 0 Å². The fraction of sp³-hybridized carbons (Fsp3) is 0.708. The Morgan fingerprint density at radius 3 is 0.972 bits per heavy atom. The van der Waals surface area contributed by atoms with Crippen molar-refractivity contribution in [3.63, 3.8) is 0 Å². The Morgan fingerprint density at radius 2 is 0.577 bits per heavy atom. The molecule has 0 aromatic heterocycles. The lowest BCUT2D eigenvalue weighted by molar-refractivity contribution is -0.167. The molecular weight excluding hydrogens is 877 g/mol. The maximum Gasteiger partial charge on any atom is 0.306 e. The number of hydrogen-bond acceptors (Lipinski definition) is 6. The van der Waals surface area contributed by atoms with Gasteiger partial charge in [0.15, 0.2) is 6.10 Å². The lowest BCUT2D eigenvalue weighted by Crippen LogP contribution is -2.30. The summed E-state index contributed by atoms with van der Waals surface area (Å²) in [5.41, 5.74) is 0. The van der Waals surface area contributed by atoms with E-state index in [1.54, 1.807) is 0 Å². The number of hydrogen-bond donors (Lipinski definition) is 0. The first-order chi connectivity index (χ1) is 35.0. The molecule has 0 saturated carbocycles. The minimum atomic E-state index is -0.803. The first-order valence-electron chi connectivity index (χ1n) is 29.7. The third-order valence-corrected chi connectivity index (χ3v) is 12.6. The third-order valence-electron chi connectivity index (χ3n) is 12.6. The van der Waals surface area contributed by atoms with E-state index in [0.29, 0.717) is 19.3 Å².